The largest absolute Gasteiger partial charge is 0.308 e. The van der Waals surface area contributed by atoms with Crippen molar-refractivity contribution < 1.29 is 8.42 Å². The van der Waals surface area contributed by atoms with Gasteiger partial charge < -0.3 is 5.32 Å². The number of hydrogen-bond acceptors (Lipinski definition) is 3. The Balaban J connectivity index is 2.23. The number of sulfone groups is 1. The van der Waals surface area contributed by atoms with Crippen LogP contribution in [0.2, 0.25) is 0 Å². The van der Waals surface area contributed by atoms with Crippen LogP contribution in [0.1, 0.15) is 46.0 Å². The Morgan fingerprint density at radius 1 is 1.10 bits per heavy atom. The van der Waals surface area contributed by atoms with Crippen LogP contribution in [0, 0.1) is 0 Å². The van der Waals surface area contributed by atoms with Gasteiger partial charge in [0.2, 0.25) is 0 Å². The number of hydrogen-bond donors (Lipinski definition) is 1. The first kappa shape index (κ1) is 15.5. The fourth-order valence-electron chi connectivity index (χ4n) is 3.25. The van der Waals surface area contributed by atoms with Crippen LogP contribution in [0.25, 0.3) is 0 Å². The molecule has 0 unspecified atom stereocenters. The zero-order valence-corrected chi connectivity index (χ0v) is 13.2. The van der Waals surface area contributed by atoms with Gasteiger partial charge >= 0.3 is 0 Å². The van der Waals surface area contributed by atoms with Crippen LogP contribution in [0.3, 0.4) is 0 Å². The second kappa shape index (κ2) is 6.27. The van der Waals surface area contributed by atoms with Gasteiger partial charge in [-0.15, -0.1) is 0 Å². The van der Waals surface area contributed by atoms with E-state index in [-0.39, 0.29) is 11.3 Å². The number of rotatable bonds is 5. The van der Waals surface area contributed by atoms with E-state index in [9.17, 15) is 8.42 Å². The van der Waals surface area contributed by atoms with E-state index in [1.54, 1.807) is 24.3 Å². The second-order valence-corrected chi connectivity index (χ2v) is 8.20. The Kier molecular flexibility index (Phi) is 4.86. The van der Waals surface area contributed by atoms with Gasteiger partial charge in [0.1, 0.15) is 0 Å². The highest BCUT2D eigenvalue weighted by molar-refractivity contribution is 7.91. The molecule has 0 amide bonds. The van der Waals surface area contributed by atoms with Crippen molar-refractivity contribution in [1.82, 2.24) is 5.32 Å². The maximum Gasteiger partial charge on any atom is 0.180 e. The predicted octanol–water partition coefficient (Wildman–Crippen LogP) is 3.16. The summed E-state index contributed by atoms with van der Waals surface area (Å²) in [6.45, 7) is 4.18. The normalized spacial score (nSPS) is 19.1. The lowest BCUT2D eigenvalue weighted by atomic mass is 9.82. The van der Waals surface area contributed by atoms with Crippen LogP contribution in [0.15, 0.2) is 35.2 Å². The zero-order chi connectivity index (χ0) is 14.6. The van der Waals surface area contributed by atoms with Gasteiger partial charge in [-0.2, -0.15) is 0 Å². The first-order chi connectivity index (χ1) is 9.44. The van der Waals surface area contributed by atoms with Crippen LogP contribution in [0.4, 0.5) is 0 Å². The van der Waals surface area contributed by atoms with Crippen molar-refractivity contribution >= 4 is 9.84 Å². The molecule has 3 nitrogen and oxygen atoms in total. The average molecular weight is 295 g/mol. The van der Waals surface area contributed by atoms with E-state index in [1.807, 2.05) is 6.07 Å². The summed E-state index contributed by atoms with van der Waals surface area (Å²) in [6.07, 6.45) is 5.36. The fraction of sp³-hybridized carbons (Fsp3) is 0.625. The summed E-state index contributed by atoms with van der Waals surface area (Å²) >= 11 is 0. The maximum absolute atomic E-state index is 12.6. The van der Waals surface area contributed by atoms with Gasteiger partial charge in [-0.1, -0.05) is 51.3 Å². The van der Waals surface area contributed by atoms with Gasteiger partial charge in [-0.25, -0.2) is 8.42 Å². The van der Waals surface area contributed by atoms with Crippen LogP contribution in [-0.2, 0) is 9.84 Å². The van der Waals surface area contributed by atoms with E-state index in [4.69, 9.17) is 0 Å². The molecule has 0 aromatic heterocycles. The highest BCUT2D eigenvalue weighted by atomic mass is 32.2. The van der Waals surface area contributed by atoms with E-state index >= 15 is 0 Å². The molecule has 0 radical (unpaired) electrons. The highest BCUT2D eigenvalue weighted by Gasteiger charge is 2.37. The summed E-state index contributed by atoms with van der Waals surface area (Å²) in [6, 6.07) is 9.12. The highest BCUT2D eigenvalue weighted by Crippen LogP contribution is 2.31. The minimum atomic E-state index is -3.23. The van der Waals surface area contributed by atoms with Crippen LogP contribution in [0.5, 0.6) is 0 Å². The van der Waals surface area contributed by atoms with E-state index in [2.05, 4.69) is 19.2 Å². The summed E-state index contributed by atoms with van der Waals surface area (Å²) in [5.74, 6) is 0.211. The van der Waals surface area contributed by atoms with E-state index in [0.717, 1.165) is 25.7 Å². The fourth-order valence-corrected chi connectivity index (χ4v) is 5.08. The van der Waals surface area contributed by atoms with Crippen molar-refractivity contribution in [1.29, 1.82) is 0 Å². The van der Waals surface area contributed by atoms with Gasteiger partial charge in [0.05, 0.1) is 10.6 Å². The summed E-state index contributed by atoms with van der Waals surface area (Å²) < 4.78 is 25.3. The predicted molar refractivity (Wildman–Crippen MR) is 82.6 cm³/mol. The monoisotopic (exact) mass is 295 g/mol. The lowest BCUT2D eigenvalue weighted by Crippen LogP contribution is -2.54. The molecule has 112 valence electrons. The molecular formula is C16H25NO2S. The smallest absolute Gasteiger partial charge is 0.180 e. The molecule has 20 heavy (non-hydrogen) atoms. The molecule has 2 rings (SSSR count). The molecule has 0 aliphatic heterocycles. The third-order valence-electron chi connectivity index (χ3n) is 3.97. The molecule has 1 aromatic rings. The quantitative estimate of drug-likeness (QED) is 0.907. The summed E-state index contributed by atoms with van der Waals surface area (Å²) in [5.41, 5.74) is -0.249. The van der Waals surface area contributed by atoms with Crippen molar-refractivity contribution in [3.05, 3.63) is 30.3 Å². The minimum Gasteiger partial charge on any atom is -0.308 e. The molecule has 1 aromatic carbocycles. The first-order valence-electron chi connectivity index (χ1n) is 7.49. The van der Waals surface area contributed by atoms with Crippen molar-refractivity contribution in [3.8, 4) is 0 Å². The Bertz CT molecular complexity index is 517. The molecule has 1 aliphatic carbocycles. The lowest BCUT2D eigenvalue weighted by molar-refractivity contribution is 0.240. The molecule has 0 saturated heterocycles. The average Bonchev–Trinajstić information content (AvgIpc) is 2.39. The molecule has 0 heterocycles. The molecule has 0 spiro atoms. The third kappa shape index (κ3) is 3.83. The molecule has 4 heteroatoms. The Hall–Kier alpha value is -0.870. The Labute approximate surface area is 122 Å². The SMILES string of the molecule is CC(C)NC1(CS(=O)(=O)c2ccccc2)CCCCC1. The molecule has 0 atom stereocenters. The molecule has 1 saturated carbocycles. The number of benzene rings is 1. The minimum absolute atomic E-state index is 0.211. The van der Waals surface area contributed by atoms with Gasteiger partial charge in [-0.3, -0.25) is 0 Å². The van der Waals surface area contributed by atoms with Crippen LogP contribution in [-0.4, -0.2) is 25.8 Å². The number of nitrogens with one attached hydrogen (secondary N) is 1. The van der Waals surface area contributed by atoms with E-state index in [0.29, 0.717) is 10.9 Å². The van der Waals surface area contributed by atoms with Gasteiger partial charge in [-0.05, 0) is 25.0 Å². The Morgan fingerprint density at radius 2 is 1.70 bits per heavy atom. The standard InChI is InChI=1S/C16H25NO2S/c1-14(2)17-16(11-7-4-8-12-16)13-20(18,19)15-9-5-3-6-10-15/h3,5-6,9-10,14,17H,4,7-8,11-13H2,1-2H3. The summed E-state index contributed by atoms with van der Waals surface area (Å²) in [4.78, 5) is 0.440. The molecule has 0 bridgehead atoms. The zero-order valence-electron chi connectivity index (χ0n) is 12.4. The van der Waals surface area contributed by atoms with Gasteiger partial charge in [0.15, 0.2) is 9.84 Å². The first-order valence-corrected chi connectivity index (χ1v) is 9.14. The Morgan fingerprint density at radius 3 is 2.25 bits per heavy atom. The molecule has 1 fully saturated rings. The molecular weight excluding hydrogens is 270 g/mol. The topological polar surface area (TPSA) is 46.2 Å². The van der Waals surface area contributed by atoms with Gasteiger partial charge in [0, 0.05) is 11.6 Å². The maximum atomic E-state index is 12.6. The van der Waals surface area contributed by atoms with Crippen LogP contribution < -0.4 is 5.32 Å². The summed E-state index contributed by atoms with van der Waals surface area (Å²) in [7, 11) is -3.23. The van der Waals surface area contributed by atoms with E-state index < -0.39 is 9.84 Å². The summed E-state index contributed by atoms with van der Waals surface area (Å²) in [5, 5.41) is 3.54. The lowest BCUT2D eigenvalue weighted by Gasteiger charge is -2.39. The van der Waals surface area contributed by atoms with Crippen molar-refractivity contribution in [2.24, 2.45) is 0 Å². The molecule has 1 aliphatic rings. The molecule has 1 N–H and O–H groups in total. The second-order valence-electron chi connectivity index (χ2n) is 6.21. The van der Waals surface area contributed by atoms with Crippen molar-refractivity contribution in [3.63, 3.8) is 0 Å². The van der Waals surface area contributed by atoms with E-state index in [1.165, 1.54) is 6.42 Å². The van der Waals surface area contributed by atoms with Crippen molar-refractivity contribution in [2.75, 3.05) is 5.75 Å². The third-order valence-corrected chi connectivity index (χ3v) is 5.90. The van der Waals surface area contributed by atoms with Gasteiger partial charge in [0.25, 0.3) is 0 Å². The van der Waals surface area contributed by atoms with Crippen molar-refractivity contribution in [2.45, 2.75) is 62.4 Å². The van der Waals surface area contributed by atoms with Crippen LogP contribution >= 0.6 is 0 Å².